The summed E-state index contributed by atoms with van der Waals surface area (Å²) in [4.78, 5) is 35.4. The number of H-pyrrole nitrogens is 1. The normalized spacial score (nSPS) is 15.2. The van der Waals surface area contributed by atoms with Crippen LogP contribution >= 0.6 is 0 Å². The number of nitrogens with one attached hydrogen (secondary N) is 2. The summed E-state index contributed by atoms with van der Waals surface area (Å²) < 4.78 is 1.69. The molecule has 1 aliphatic heterocycles. The summed E-state index contributed by atoms with van der Waals surface area (Å²) in [6.07, 6.45) is 7.78. The number of nitrogen functional groups attached to an aromatic ring is 1. The third-order valence-electron chi connectivity index (χ3n) is 7.03. The Hall–Kier alpha value is -4.92. The van der Waals surface area contributed by atoms with Crippen LogP contribution in [0.1, 0.15) is 27.1 Å². The fourth-order valence-electron chi connectivity index (χ4n) is 4.93. The van der Waals surface area contributed by atoms with Crippen LogP contribution in [0.2, 0.25) is 0 Å². The molecular formula is C29H27N7O2. The molecule has 0 aliphatic carbocycles. The molecule has 2 amide bonds. The Morgan fingerprint density at radius 2 is 1.82 bits per heavy atom. The number of pyridine rings is 1. The fraction of sp³-hybridized carbons (Fsp3) is 0.172. The van der Waals surface area contributed by atoms with E-state index in [0.717, 1.165) is 33.2 Å². The molecule has 3 aromatic heterocycles. The van der Waals surface area contributed by atoms with Crippen molar-refractivity contribution < 1.29 is 9.59 Å². The van der Waals surface area contributed by atoms with Crippen molar-refractivity contribution in [3.63, 3.8) is 0 Å². The smallest absolute Gasteiger partial charge is 0.255 e. The lowest BCUT2D eigenvalue weighted by Crippen LogP contribution is -2.38. The van der Waals surface area contributed by atoms with Gasteiger partial charge in [0.25, 0.3) is 11.8 Å². The lowest BCUT2D eigenvalue weighted by Gasteiger charge is -2.18. The SMILES string of the molecule is Cn1cc(-c2cnc(N)c(C(=O)N[C@@H]3CCN(C(=O)c4ccc(-c5ccc6cc[nH]c6c5)cc4)C3)c2)cn1. The van der Waals surface area contributed by atoms with Gasteiger partial charge in [-0.25, -0.2) is 4.98 Å². The lowest BCUT2D eigenvalue weighted by atomic mass is 10.0. The number of carbonyl (C=O) groups is 2. The van der Waals surface area contributed by atoms with Crippen molar-refractivity contribution >= 4 is 28.5 Å². The highest BCUT2D eigenvalue weighted by Gasteiger charge is 2.29. The first kappa shape index (κ1) is 23.5. The zero-order valence-electron chi connectivity index (χ0n) is 20.9. The van der Waals surface area contributed by atoms with E-state index in [2.05, 4.69) is 38.6 Å². The number of hydrogen-bond donors (Lipinski definition) is 3. The van der Waals surface area contributed by atoms with Gasteiger partial charge in [0, 0.05) is 67.0 Å². The minimum absolute atomic E-state index is 0.0483. The van der Waals surface area contributed by atoms with Crippen LogP contribution in [0.5, 0.6) is 0 Å². The molecule has 2 aromatic carbocycles. The highest BCUT2D eigenvalue weighted by atomic mass is 16.2. The number of fused-ring (bicyclic) bond motifs is 1. The molecule has 1 atom stereocenters. The van der Waals surface area contributed by atoms with Gasteiger partial charge >= 0.3 is 0 Å². The first-order valence-corrected chi connectivity index (χ1v) is 12.5. The van der Waals surface area contributed by atoms with Crippen molar-refractivity contribution in [1.82, 2.24) is 30.0 Å². The van der Waals surface area contributed by atoms with Crippen molar-refractivity contribution in [2.24, 2.45) is 7.05 Å². The topological polar surface area (TPSA) is 122 Å². The van der Waals surface area contributed by atoms with Crippen molar-refractivity contribution in [2.75, 3.05) is 18.8 Å². The fourth-order valence-corrected chi connectivity index (χ4v) is 4.93. The van der Waals surface area contributed by atoms with E-state index in [1.165, 1.54) is 0 Å². The second-order valence-corrected chi connectivity index (χ2v) is 9.63. The molecular weight excluding hydrogens is 478 g/mol. The number of aryl methyl sites for hydroxylation is 1. The van der Waals surface area contributed by atoms with Crippen molar-refractivity contribution in [3.05, 3.63) is 90.5 Å². The average molecular weight is 506 g/mol. The molecule has 4 heterocycles. The Kier molecular flexibility index (Phi) is 5.88. The van der Waals surface area contributed by atoms with Crippen LogP contribution < -0.4 is 11.1 Å². The van der Waals surface area contributed by atoms with E-state index >= 15 is 0 Å². The average Bonchev–Trinajstić information content (AvgIpc) is 3.69. The Labute approximate surface area is 219 Å². The van der Waals surface area contributed by atoms with Gasteiger partial charge in [0.1, 0.15) is 5.82 Å². The maximum atomic E-state index is 13.2. The summed E-state index contributed by atoms with van der Waals surface area (Å²) in [5, 5.41) is 8.36. The van der Waals surface area contributed by atoms with E-state index in [9.17, 15) is 9.59 Å². The van der Waals surface area contributed by atoms with Gasteiger partial charge in [0.2, 0.25) is 0 Å². The number of carbonyl (C=O) groups excluding carboxylic acids is 2. The number of rotatable bonds is 5. The van der Waals surface area contributed by atoms with Crippen LogP contribution in [0, 0.1) is 0 Å². The van der Waals surface area contributed by atoms with E-state index < -0.39 is 0 Å². The van der Waals surface area contributed by atoms with Gasteiger partial charge in [-0.15, -0.1) is 0 Å². The lowest BCUT2D eigenvalue weighted by molar-refractivity contribution is 0.0783. The Morgan fingerprint density at radius 1 is 1.00 bits per heavy atom. The monoisotopic (exact) mass is 505 g/mol. The number of likely N-dealkylation sites (tertiary alicyclic amines) is 1. The second-order valence-electron chi connectivity index (χ2n) is 9.63. The van der Waals surface area contributed by atoms with Crippen molar-refractivity contribution in [2.45, 2.75) is 12.5 Å². The maximum absolute atomic E-state index is 13.2. The minimum atomic E-state index is -0.302. The van der Waals surface area contributed by atoms with Gasteiger partial charge in [-0.2, -0.15) is 5.10 Å². The molecule has 6 rings (SSSR count). The third-order valence-corrected chi connectivity index (χ3v) is 7.03. The molecule has 9 heteroatoms. The van der Waals surface area contributed by atoms with Crippen molar-refractivity contribution in [1.29, 1.82) is 0 Å². The van der Waals surface area contributed by atoms with Crippen molar-refractivity contribution in [3.8, 4) is 22.3 Å². The summed E-state index contributed by atoms with van der Waals surface area (Å²) >= 11 is 0. The number of aromatic nitrogens is 4. The minimum Gasteiger partial charge on any atom is -0.383 e. The number of anilines is 1. The molecule has 0 radical (unpaired) electrons. The predicted octanol–water partition coefficient (Wildman–Crippen LogP) is 3.86. The van der Waals surface area contributed by atoms with E-state index in [1.807, 2.05) is 49.8 Å². The Bertz CT molecular complexity index is 1650. The molecule has 5 aromatic rings. The van der Waals surface area contributed by atoms with Gasteiger partial charge in [-0.05, 0) is 53.3 Å². The first-order chi connectivity index (χ1) is 18.4. The third kappa shape index (κ3) is 4.50. The number of aromatic amines is 1. The summed E-state index contributed by atoms with van der Waals surface area (Å²) in [5.41, 5.74) is 11.8. The first-order valence-electron chi connectivity index (χ1n) is 12.5. The van der Waals surface area contributed by atoms with Crippen LogP contribution in [0.25, 0.3) is 33.2 Å². The number of hydrogen-bond acceptors (Lipinski definition) is 5. The number of nitrogens with two attached hydrogens (primary N) is 1. The van der Waals surface area contributed by atoms with Gasteiger partial charge in [0.15, 0.2) is 0 Å². The standard InChI is InChI=1S/C29H27N7O2/c1-35-16-23(15-33-35)22-12-25(27(30)32-14-22)28(37)34-24-9-11-36(17-24)29(38)20-5-2-18(3-6-20)21-7-4-19-8-10-31-26(19)13-21/h2-8,10,12-16,24,31H,9,11,17H2,1H3,(H2,30,32)(H,34,37)/t24-/m1/s1. The molecule has 0 spiro atoms. The van der Waals surface area contributed by atoms with Crippen LogP contribution in [0.15, 0.2) is 79.4 Å². The largest absolute Gasteiger partial charge is 0.383 e. The van der Waals surface area contributed by atoms with Gasteiger partial charge in [0.05, 0.1) is 11.8 Å². The maximum Gasteiger partial charge on any atom is 0.255 e. The molecule has 0 unspecified atom stereocenters. The predicted molar refractivity (Wildman–Crippen MR) is 146 cm³/mol. The molecule has 1 fully saturated rings. The number of nitrogens with zero attached hydrogens (tertiary/aromatic N) is 4. The van der Waals surface area contributed by atoms with Crippen LogP contribution in [-0.2, 0) is 7.05 Å². The summed E-state index contributed by atoms with van der Waals surface area (Å²) in [5.74, 6) is -0.187. The summed E-state index contributed by atoms with van der Waals surface area (Å²) in [6, 6.07) is 17.5. The molecule has 9 nitrogen and oxygen atoms in total. The van der Waals surface area contributed by atoms with Crippen LogP contribution in [-0.4, -0.2) is 55.6 Å². The molecule has 0 saturated carbocycles. The zero-order valence-corrected chi connectivity index (χ0v) is 20.9. The quantitative estimate of drug-likeness (QED) is 0.335. The van der Waals surface area contributed by atoms with E-state index in [1.54, 1.807) is 28.0 Å². The van der Waals surface area contributed by atoms with Gasteiger partial charge in [-0.1, -0.05) is 24.3 Å². The van der Waals surface area contributed by atoms with E-state index in [-0.39, 0.29) is 23.7 Å². The highest BCUT2D eigenvalue weighted by molar-refractivity contribution is 6.00. The molecule has 0 bridgehead atoms. The molecule has 1 aliphatic rings. The zero-order chi connectivity index (χ0) is 26.2. The van der Waals surface area contributed by atoms with Gasteiger partial charge < -0.3 is 20.9 Å². The molecule has 1 saturated heterocycles. The molecule has 4 N–H and O–H groups in total. The van der Waals surface area contributed by atoms with Crippen LogP contribution in [0.4, 0.5) is 5.82 Å². The highest BCUT2D eigenvalue weighted by Crippen LogP contribution is 2.25. The number of amides is 2. The summed E-state index contributed by atoms with van der Waals surface area (Å²) in [7, 11) is 1.83. The Morgan fingerprint density at radius 3 is 2.61 bits per heavy atom. The molecule has 38 heavy (non-hydrogen) atoms. The van der Waals surface area contributed by atoms with E-state index in [0.29, 0.717) is 30.6 Å². The molecule has 190 valence electrons. The van der Waals surface area contributed by atoms with Gasteiger partial charge in [-0.3, -0.25) is 14.3 Å². The second kappa shape index (κ2) is 9.51. The van der Waals surface area contributed by atoms with Crippen LogP contribution in [0.3, 0.4) is 0 Å². The summed E-state index contributed by atoms with van der Waals surface area (Å²) in [6.45, 7) is 1.00. The number of benzene rings is 2. The van der Waals surface area contributed by atoms with E-state index in [4.69, 9.17) is 5.73 Å². The Balaban J connectivity index is 1.10.